The van der Waals surface area contributed by atoms with Crippen LogP contribution in [0.1, 0.15) is 0 Å². The Labute approximate surface area is 312 Å². The van der Waals surface area contributed by atoms with Crippen LogP contribution in [-0.4, -0.2) is 4.98 Å². The molecule has 2 aromatic heterocycles. The lowest BCUT2D eigenvalue weighted by molar-refractivity contribution is 0.592. The van der Waals surface area contributed by atoms with Crippen molar-refractivity contribution < 1.29 is 4.57 Å². The highest BCUT2D eigenvalue weighted by atomic mass is 32.1. The van der Waals surface area contributed by atoms with Gasteiger partial charge in [-0.2, -0.15) is 0 Å². The third-order valence-corrected chi connectivity index (χ3v) is 14.6. The van der Waals surface area contributed by atoms with E-state index < -0.39 is 7.14 Å². The summed E-state index contributed by atoms with van der Waals surface area (Å²) in [7, 11) is -3.04. The Bertz CT molecular complexity index is 2970. The van der Waals surface area contributed by atoms with Crippen molar-refractivity contribution in [3.8, 4) is 33.5 Å². The molecule has 0 atom stereocenters. The second kappa shape index (κ2) is 12.8. The molecule has 0 saturated heterocycles. The van der Waals surface area contributed by atoms with Gasteiger partial charge < -0.3 is 4.57 Å². The van der Waals surface area contributed by atoms with Crippen LogP contribution in [0.15, 0.2) is 194 Å². The van der Waals surface area contributed by atoms with Crippen LogP contribution in [0.25, 0.3) is 75.4 Å². The van der Waals surface area contributed by atoms with E-state index >= 15 is 0 Å². The van der Waals surface area contributed by atoms with E-state index in [0.29, 0.717) is 0 Å². The van der Waals surface area contributed by atoms with Gasteiger partial charge in [0, 0.05) is 57.8 Å². The van der Waals surface area contributed by atoms with Crippen LogP contribution in [0.3, 0.4) is 0 Å². The van der Waals surface area contributed by atoms with E-state index in [1.165, 1.54) is 30.9 Å². The first-order valence-corrected chi connectivity index (χ1v) is 20.3. The minimum absolute atomic E-state index is 0.823. The standard InChI is InChI=1S/C49H32NOPS/c51-52(38-17-6-2-7-18-38,39-19-8-3-9-20-39)40-26-23-33(24-27-40)35-15-12-16-36(31-35)37-25-28-41-44(32-37)50-49(34-13-4-1-5-14-34)43-29-30-46-48(47(41)43)42-21-10-11-22-45(42)53-46/h1-32H. The highest BCUT2D eigenvalue weighted by molar-refractivity contribution is 7.85. The molecule has 0 unspecified atom stereocenters. The molecule has 10 aromatic rings. The Kier molecular flexibility index (Phi) is 7.65. The van der Waals surface area contributed by atoms with E-state index in [1.54, 1.807) is 0 Å². The molecule has 0 N–H and O–H groups in total. The van der Waals surface area contributed by atoms with Crippen LogP contribution in [0, 0.1) is 0 Å². The van der Waals surface area contributed by atoms with Crippen LogP contribution in [-0.2, 0) is 4.57 Å². The van der Waals surface area contributed by atoms with E-state index in [4.69, 9.17) is 4.98 Å². The van der Waals surface area contributed by atoms with Gasteiger partial charge in [0.2, 0.25) is 0 Å². The molecule has 8 aromatic carbocycles. The molecular formula is C49H32NOPS. The van der Waals surface area contributed by atoms with Crippen molar-refractivity contribution in [2.75, 3.05) is 0 Å². The van der Waals surface area contributed by atoms with Crippen molar-refractivity contribution in [1.82, 2.24) is 4.98 Å². The molecule has 0 amide bonds. The highest BCUT2D eigenvalue weighted by Gasteiger charge is 2.29. The summed E-state index contributed by atoms with van der Waals surface area (Å²) in [5.74, 6) is 0. The first-order chi connectivity index (χ1) is 26.1. The average Bonchev–Trinajstić information content (AvgIpc) is 3.63. The molecule has 10 rings (SSSR count). The summed E-state index contributed by atoms with van der Waals surface area (Å²) in [6, 6.07) is 67.1. The molecule has 0 fully saturated rings. The lowest BCUT2D eigenvalue weighted by atomic mass is 9.94. The van der Waals surface area contributed by atoms with E-state index in [0.717, 1.165) is 60.3 Å². The summed E-state index contributed by atoms with van der Waals surface area (Å²) >= 11 is 1.85. The predicted octanol–water partition coefficient (Wildman–Crippen LogP) is 12.4. The number of thiophene rings is 1. The number of pyridine rings is 1. The number of rotatable bonds is 6. The van der Waals surface area contributed by atoms with Gasteiger partial charge in [-0.1, -0.05) is 170 Å². The number of benzene rings is 8. The molecule has 0 aliphatic carbocycles. The Morgan fingerprint density at radius 2 is 0.925 bits per heavy atom. The highest BCUT2D eigenvalue weighted by Crippen LogP contribution is 2.45. The molecule has 4 heteroatoms. The van der Waals surface area contributed by atoms with Gasteiger partial charge in [-0.05, 0) is 46.5 Å². The van der Waals surface area contributed by atoms with Gasteiger partial charge in [0.25, 0.3) is 0 Å². The number of aromatic nitrogens is 1. The lowest BCUT2D eigenvalue weighted by Gasteiger charge is -2.20. The molecule has 0 aliphatic rings. The van der Waals surface area contributed by atoms with E-state index in [2.05, 4.69) is 121 Å². The molecule has 250 valence electrons. The lowest BCUT2D eigenvalue weighted by Crippen LogP contribution is -2.24. The Morgan fingerprint density at radius 1 is 0.377 bits per heavy atom. The monoisotopic (exact) mass is 713 g/mol. The van der Waals surface area contributed by atoms with Crippen LogP contribution in [0.4, 0.5) is 0 Å². The Hall–Kier alpha value is -6.12. The van der Waals surface area contributed by atoms with Gasteiger partial charge >= 0.3 is 0 Å². The van der Waals surface area contributed by atoms with Gasteiger partial charge in [0.05, 0.1) is 11.2 Å². The van der Waals surface area contributed by atoms with E-state index in [1.807, 2.05) is 84.1 Å². The van der Waals surface area contributed by atoms with Crippen LogP contribution < -0.4 is 15.9 Å². The summed E-state index contributed by atoms with van der Waals surface area (Å²) < 4.78 is 17.5. The molecule has 0 spiro atoms. The number of hydrogen-bond donors (Lipinski definition) is 0. The van der Waals surface area contributed by atoms with Crippen LogP contribution in [0.5, 0.6) is 0 Å². The Morgan fingerprint density at radius 3 is 1.64 bits per heavy atom. The smallest absolute Gasteiger partial charge is 0.171 e. The fourth-order valence-corrected chi connectivity index (χ4v) is 11.5. The topological polar surface area (TPSA) is 30.0 Å². The molecule has 0 bridgehead atoms. The number of nitrogens with zero attached hydrogens (tertiary/aromatic N) is 1. The maximum absolute atomic E-state index is 14.9. The number of fused-ring (bicyclic) bond motifs is 7. The summed E-state index contributed by atoms with van der Waals surface area (Å²) in [6.45, 7) is 0. The van der Waals surface area contributed by atoms with Gasteiger partial charge in [-0.3, -0.25) is 0 Å². The van der Waals surface area contributed by atoms with Gasteiger partial charge in [-0.25, -0.2) is 4.98 Å². The van der Waals surface area contributed by atoms with Crippen molar-refractivity contribution in [3.63, 3.8) is 0 Å². The minimum Gasteiger partial charge on any atom is -0.309 e. The van der Waals surface area contributed by atoms with Crippen molar-refractivity contribution in [2.45, 2.75) is 0 Å². The first kappa shape index (κ1) is 31.6. The minimum atomic E-state index is -3.04. The van der Waals surface area contributed by atoms with Gasteiger partial charge in [0.15, 0.2) is 7.14 Å². The maximum Gasteiger partial charge on any atom is 0.171 e. The second-order valence-corrected chi connectivity index (χ2v) is 17.3. The second-order valence-electron chi connectivity index (χ2n) is 13.4. The predicted molar refractivity (Wildman–Crippen MR) is 228 cm³/mol. The quantitative estimate of drug-likeness (QED) is 0.127. The first-order valence-electron chi connectivity index (χ1n) is 17.8. The zero-order chi connectivity index (χ0) is 35.4. The maximum atomic E-state index is 14.9. The SMILES string of the molecule is O=P(c1ccccc1)(c1ccccc1)c1ccc(-c2cccc(-c3ccc4c(c3)nc(-c3ccccc3)c3ccc5sc6ccccc6c5c34)c2)cc1. The van der Waals surface area contributed by atoms with Crippen LogP contribution in [0.2, 0.25) is 0 Å². The average molecular weight is 714 g/mol. The molecule has 2 nitrogen and oxygen atoms in total. The molecule has 0 aliphatic heterocycles. The fraction of sp³-hybridized carbons (Fsp3) is 0. The van der Waals surface area contributed by atoms with Crippen LogP contribution >= 0.6 is 18.5 Å². The molecule has 0 saturated carbocycles. The van der Waals surface area contributed by atoms with E-state index in [9.17, 15) is 4.57 Å². The van der Waals surface area contributed by atoms with Gasteiger partial charge in [0.1, 0.15) is 0 Å². The zero-order valence-corrected chi connectivity index (χ0v) is 30.4. The Balaban J connectivity index is 1.09. The van der Waals surface area contributed by atoms with Crippen molar-refractivity contribution in [1.29, 1.82) is 0 Å². The third kappa shape index (κ3) is 5.32. The summed E-state index contributed by atoms with van der Waals surface area (Å²) in [4.78, 5) is 5.37. The summed E-state index contributed by atoms with van der Waals surface area (Å²) in [6.07, 6.45) is 0. The normalized spacial score (nSPS) is 11.8. The third-order valence-electron chi connectivity index (χ3n) is 10.3. The molecular weight excluding hydrogens is 682 g/mol. The molecule has 53 heavy (non-hydrogen) atoms. The van der Waals surface area contributed by atoms with Gasteiger partial charge in [-0.15, -0.1) is 11.3 Å². The number of hydrogen-bond acceptors (Lipinski definition) is 3. The zero-order valence-electron chi connectivity index (χ0n) is 28.7. The summed E-state index contributed by atoms with van der Waals surface area (Å²) in [5.41, 5.74) is 7.50. The van der Waals surface area contributed by atoms with E-state index in [-0.39, 0.29) is 0 Å². The van der Waals surface area contributed by atoms with Crippen molar-refractivity contribution in [3.05, 3.63) is 194 Å². The largest absolute Gasteiger partial charge is 0.309 e. The molecule has 2 heterocycles. The fourth-order valence-electron chi connectivity index (χ4n) is 7.77. The molecule has 0 radical (unpaired) electrons. The summed E-state index contributed by atoms with van der Waals surface area (Å²) in [5, 5.41) is 8.67. The van der Waals surface area contributed by atoms with Crippen molar-refractivity contribution in [2.24, 2.45) is 0 Å². The van der Waals surface area contributed by atoms with Crippen molar-refractivity contribution >= 4 is 76.2 Å².